The molecule has 0 aromatic heterocycles. The molecule has 120 valence electrons. The Morgan fingerprint density at radius 3 is 2.57 bits per heavy atom. The quantitative estimate of drug-likeness (QED) is 0.833. The van der Waals surface area contributed by atoms with Gasteiger partial charge in [-0.15, -0.1) is 0 Å². The molecule has 1 heterocycles. The summed E-state index contributed by atoms with van der Waals surface area (Å²) in [5.41, 5.74) is 3.73. The predicted molar refractivity (Wildman–Crippen MR) is 93.5 cm³/mol. The van der Waals surface area contributed by atoms with Crippen LogP contribution in [-0.2, 0) is 13.0 Å². The van der Waals surface area contributed by atoms with E-state index in [0.717, 1.165) is 38.2 Å². The Morgan fingerprint density at radius 2 is 1.74 bits per heavy atom. The highest BCUT2D eigenvalue weighted by atomic mass is 16.2. The molecule has 0 saturated carbocycles. The molecule has 4 nitrogen and oxygen atoms in total. The monoisotopic (exact) mass is 309 g/mol. The second-order valence-corrected chi connectivity index (χ2v) is 5.90. The van der Waals surface area contributed by atoms with Crippen molar-refractivity contribution in [1.29, 1.82) is 0 Å². The summed E-state index contributed by atoms with van der Waals surface area (Å²) in [6.07, 6.45) is 2.09. The van der Waals surface area contributed by atoms with Gasteiger partial charge in [-0.2, -0.15) is 0 Å². The first-order chi connectivity index (χ1) is 11.3. The number of para-hydroxylation sites is 1. The summed E-state index contributed by atoms with van der Waals surface area (Å²) in [5, 5.41) is 5.74. The number of benzene rings is 2. The fourth-order valence-corrected chi connectivity index (χ4v) is 2.95. The molecule has 0 aliphatic carbocycles. The summed E-state index contributed by atoms with van der Waals surface area (Å²) in [6.45, 7) is 3.83. The van der Waals surface area contributed by atoms with Crippen LogP contribution in [0.5, 0.6) is 0 Å². The van der Waals surface area contributed by atoms with Gasteiger partial charge in [-0.25, -0.2) is 4.79 Å². The van der Waals surface area contributed by atoms with E-state index in [0.29, 0.717) is 6.54 Å². The van der Waals surface area contributed by atoms with Gasteiger partial charge in [0.05, 0.1) is 0 Å². The summed E-state index contributed by atoms with van der Waals surface area (Å²) in [6, 6.07) is 18.0. The summed E-state index contributed by atoms with van der Waals surface area (Å²) >= 11 is 0. The van der Waals surface area contributed by atoms with Gasteiger partial charge in [0, 0.05) is 31.9 Å². The van der Waals surface area contributed by atoms with Crippen molar-refractivity contribution in [2.24, 2.45) is 0 Å². The Morgan fingerprint density at radius 1 is 1.00 bits per heavy atom. The topological polar surface area (TPSA) is 44.4 Å². The van der Waals surface area contributed by atoms with E-state index < -0.39 is 0 Å². The predicted octanol–water partition coefficient (Wildman–Crippen LogP) is 3.26. The number of hydrogen-bond donors (Lipinski definition) is 2. The maximum absolute atomic E-state index is 11.8. The van der Waals surface area contributed by atoms with Crippen molar-refractivity contribution >= 4 is 11.7 Å². The van der Waals surface area contributed by atoms with Crippen LogP contribution in [-0.4, -0.2) is 30.6 Å². The zero-order valence-corrected chi connectivity index (χ0v) is 13.3. The molecule has 0 saturated heterocycles. The van der Waals surface area contributed by atoms with Gasteiger partial charge >= 0.3 is 6.03 Å². The number of hydrogen-bond acceptors (Lipinski definition) is 2. The number of amides is 2. The van der Waals surface area contributed by atoms with Crippen molar-refractivity contribution in [1.82, 2.24) is 10.2 Å². The molecule has 2 N–H and O–H groups in total. The summed E-state index contributed by atoms with van der Waals surface area (Å²) in [7, 11) is 0. The number of anilines is 1. The lowest BCUT2D eigenvalue weighted by molar-refractivity contribution is 0.242. The molecular weight excluding hydrogens is 286 g/mol. The molecule has 2 aromatic rings. The SMILES string of the molecule is O=C(NCCCN1CCc2ccccc2C1)Nc1ccccc1. The van der Waals surface area contributed by atoms with Gasteiger partial charge in [0.25, 0.3) is 0 Å². The Balaban J connectivity index is 1.35. The highest BCUT2D eigenvalue weighted by Crippen LogP contribution is 2.18. The zero-order chi connectivity index (χ0) is 15.9. The number of nitrogens with one attached hydrogen (secondary N) is 2. The van der Waals surface area contributed by atoms with Gasteiger partial charge in [0.15, 0.2) is 0 Å². The van der Waals surface area contributed by atoms with Crippen LogP contribution in [0.4, 0.5) is 10.5 Å². The fourth-order valence-electron chi connectivity index (χ4n) is 2.95. The van der Waals surface area contributed by atoms with Gasteiger partial charge in [-0.05, 0) is 36.1 Å². The van der Waals surface area contributed by atoms with E-state index in [1.54, 1.807) is 0 Å². The molecule has 23 heavy (non-hydrogen) atoms. The van der Waals surface area contributed by atoms with Crippen molar-refractivity contribution in [2.45, 2.75) is 19.4 Å². The number of carbonyl (C=O) groups excluding carboxylic acids is 1. The van der Waals surface area contributed by atoms with Crippen molar-refractivity contribution in [3.8, 4) is 0 Å². The minimum Gasteiger partial charge on any atom is -0.338 e. The summed E-state index contributed by atoms with van der Waals surface area (Å²) < 4.78 is 0. The number of fused-ring (bicyclic) bond motifs is 1. The molecule has 0 unspecified atom stereocenters. The zero-order valence-electron chi connectivity index (χ0n) is 13.3. The average molecular weight is 309 g/mol. The molecule has 0 fully saturated rings. The molecule has 0 atom stereocenters. The Bertz CT molecular complexity index is 642. The van der Waals surface area contributed by atoms with Crippen LogP contribution in [0.3, 0.4) is 0 Å². The van der Waals surface area contributed by atoms with Crippen molar-refractivity contribution in [3.05, 3.63) is 65.7 Å². The van der Waals surface area contributed by atoms with Gasteiger partial charge < -0.3 is 10.6 Å². The van der Waals surface area contributed by atoms with Crippen LogP contribution in [0.2, 0.25) is 0 Å². The lowest BCUT2D eigenvalue weighted by Crippen LogP contribution is -2.34. The van der Waals surface area contributed by atoms with E-state index in [9.17, 15) is 4.79 Å². The highest BCUT2D eigenvalue weighted by Gasteiger charge is 2.14. The molecule has 0 bridgehead atoms. The van der Waals surface area contributed by atoms with Crippen molar-refractivity contribution in [2.75, 3.05) is 25.0 Å². The smallest absolute Gasteiger partial charge is 0.319 e. The minimum absolute atomic E-state index is 0.139. The third-order valence-electron chi connectivity index (χ3n) is 4.18. The number of urea groups is 1. The first-order valence-electron chi connectivity index (χ1n) is 8.20. The largest absolute Gasteiger partial charge is 0.338 e. The second kappa shape index (κ2) is 7.79. The summed E-state index contributed by atoms with van der Waals surface area (Å²) in [5.74, 6) is 0. The van der Waals surface area contributed by atoms with Crippen LogP contribution in [0.25, 0.3) is 0 Å². The highest BCUT2D eigenvalue weighted by molar-refractivity contribution is 5.89. The number of rotatable bonds is 5. The maximum Gasteiger partial charge on any atom is 0.319 e. The molecule has 2 aromatic carbocycles. The van der Waals surface area contributed by atoms with Crippen LogP contribution in [0, 0.1) is 0 Å². The lowest BCUT2D eigenvalue weighted by atomic mass is 10.00. The third-order valence-corrected chi connectivity index (χ3v) is 4.18. The van der Waals surface area contributed by atoms with E-state index in [1.165, 1.54) is 11.1 Å². The maximum atomic E-state index is 11.8. The standard InChI is InChI=1S/C19H23N3O/c23-19(21-18-9-2-1-3-10-18)20-12-6-13-22-14-11-16-7-4-5-8-17(16)15-22/h1-5,7-10H,6,11-15H2,(H2,20,21,23). The average Bonchev–Trinajstić information content (AvgIpc) is 2.59. The second-order valence-electron chi connectivity index (χ2n) is 5.90. The molecule has 2 amide bonds. The normalized spacial score (nSPS) is 14.1. The fraction of sp³-hybridized carbons (Fsp3) is 0.316. The first-order valence-corrected chi connectivity index (χ1v) is 8.20. The van der Waals surface area contributed by atoms with Gasteiger partial charge in [-0.1, -0.05) is 42.5 Å². The van der Waals surface area contributed by atoms with Gasteiger partial charge in [-0.3, -0.25) is 4.90 Å². The first kappa shape index (κ1) is 15.6. The van der Waals surface area contributed by atoms with Crippen LogP contribution in [0.1, 0.15) is 17.5 Å². The van der Waals surface area contributed by atoms with E-state index >= 15 is 0 Å². The van der Waals surface area contributed by atoms with Crippen LogP contribution in [0.15, 0.2) is 54.6 Å². The molecule has 1 aliphatic heterocycles. The Kier molecular flexibility index (Phi) is 5.27. The minimum atomic E-state index is -0.139. The van der Waals surface area contributed by atoms with Crippen LogP contribution < -0.4 is 10.6 Å². The Hall–Kier alpha value is -2.33. The van der Waals surface area contributed by atoms with Crippen LogP contribution >= 0.6 is 0 Å². The van der Waals surface area contributed by atoms with E-state index in [2.05, 4.69) is 39.8 Å². The van der Waals surface area contributed by atoms with Crippen molar-refractivity contribution < 1.29 is 4.79 Å². The number of carbonyl (C=O) groups is 1. The molecule has 1 aliphatic rings. The molecule has 3 rings (SSSR count). The lowest BCUT2D eigenvalue weighted by Gasteiger charge is -2.28. The van der Waals surface area contributed by atoms with Gasteiger partial charge in [0.2, 0.25) is 0 Å². The summed E-state index contributed by atoms with van der Waals surface area (Å²) in [4.78, 5) is 14.2. The molecular formula is C19H23N3O. The van der Waals surface area contributed by atoms with Gasteiger partial charge in [0.1, 0.15) is 0 Å². The van der Waals surface area contributed by atoms with E-state index in [1.807, 2.05) is 30.3 Å². The molecule has 4 heteroatoms. The third kappa shape index (κ3) is 4.57. The molecule has 0 radical (unpaired) electrons. The van der Waals surface area contributed by atoms with Crippen molar-refractivity contribution in [3.63, 3.8) is 0 Å². The Labute approximate surface area is 137 Å². The number of nitrogens with zero attached hydrogens (tertiary/aromatic N) is 1. The van der Waals surface area contributed by atoms with E-state index in [4.69, 9.17) is 0 Å². The van der Waals surface area contributed by atoms with E-state index in [-0.39, 0.29) is 6.03 Å². The molecule has 0 spiro atoms.